The van der Waals surface area contributed by atoms with Gasteiger partial charge in [-0.25, -0.2) is 0 Å². The molecule has 2 N–H and O–H groups in total. The van der Waals surface area contributed by atoms with E-state index < -0.39 is 4.92 Å². The zero-order valence-electron chi connectivity index (χ0n) is 13.4. The molecule has 2 aromatic carbocycles. The van der Waals surface area contributed by atoms with Gasteiger partial charge in [0.2, 0.25) is 0 Å². The summed E-state index contributed by atoms with van der Waals surface area (Å²) in [5, 5.41) is 17.8. The SMILES string of the molecule is CC[C@H](NC(=S)Nc1cc([N+](=O)[O-])ccc1Cl)c1ccc(C)cc1. The van der Waals surface area contributed by atoms with Crippen molar-refractivity contribution >= 4 is 40.3 Å². The molecule has 0 aliphatic carbocycles. The molecule has 0 unspecified atom stereocenters. The molecule has 1 atom stereocenters. The number of rotatable bonds is 5. The third-order valence-electron chi connectivity index (χ3n) is 3.60. The molecule has 2 aromatic rings. The largest absolute Gasteiger partial charge is 0.356 e. The molecule has 126 valence electrons. The lowest BCUT2D eigenvalue weighted by atomic mass is 10.0. The van der Waals surface area contributed by atoms with Crippen LogP contribution in [0.4, 0.5) is 11.4 Å². The fourth-order valence-corrected chi connectivity index (χ4v) is 2.68. The second kappa shape index (κ2) is 8.08. The highest BCUT2D eigenvalue weighted by Crippen LogP contribution is 2.27. The first kappa shape index (κ1) is 18.2. The van der Waals surface area contributed by atoms with Gasteiger partial charge in [-0.2, -0.15) is 0 Å². The van der Waals surface area contributed by atoms with Crippen LogP contribution in [-0.2, 0) is 0 Å². The number of anilines is 1. The number of hydrogen-bond donors (Lipinski definition) is 2. The van der Waals surface area contributed by atoms with E-state index in [1.165, 1.54) is 23.8 Å². The quantitative estimate of drug-likeness (QED) is 0.444. The van der Waals surface area contributed by atoms with Crippen LogP contribution in [0, 0.1) is 17.0 Å². The number of nitrogens with zero attached hydrogens (tertiary/aromatic N) is 1. The second-order valence-corrected chi connectivity index (χ2v) is 6.21. The molecule has 0 radical (unpaired) electrons. The third-order valence-corrected chi connectivity index (χ3v) is 4.15. The predicted octanol–water partition coefficient (Wildman–Crippen LogP) is 4.99. The Morgan fingerprint density at radius 3 is 2.54 bits per heavy atom. The van der Waals surface area contributed by atoms with Crippen molar-refractivity contribution in [3.05, 3.63) is 68.7 Å². The lowest BCUT2D eigenvalue weighted by Gasteiger charge is -2.20. The molecule has 0 aromatic heterocycles. The summed E-state index contributed by atoms with van der Waals surface area (Å²) in [6, 6.07) is 12.4. The number of halogens is 1. The first-order valence-electron chi connectivity index (χ1n) is 7.48. The van der Waals surface area contributed by atoms with Crippen molar-refractivity contribution in [3.8, 4) is 0 Å². The molecule has 0 bridgehead atoms. The summed E-state index contributed by atoms with van der Waals surface area (Å²) in [7, 11) is 0. The molecule has 0 aliphatic rings. The number of non-ortho nitro benzene ring substituents is 1. The van der Waals surface area contributed by atoms with Gasteiger partial charge in [0.15, 0.2) is 5.11 Å². The summed E-state index contributed by atoms with van der Waals surface area (Å²) in [4.78, 5) is 10.4. The standard InChI is InChI=1S/C17H18ClN3O2S/c1-3-15(12-6-4-11(2)5-7-12)19-17(24)20-16-10-13(21(22)23)8-9-14(16)18/h4-10,15H,3H2,1-2H3,(H2,19,20,24)/t15-/m0/s1. The highest BCUT2D eigenvalue weighted by molar-refractivity contribution is 7.80. The lowest BCUT2D eigenvalue weighted by molar-refractivity contribution is -0.384. The van der Waals surface area contributed by atoms with Crippen molar-refractivity contribution in [2.24, 2.45) is 0 Å². The molecule has 0 amide bonds. The predicted molar refractivity (Wildman–Crippen MR) is 102 cm³/mol. The van der Waals surface area contributed by atoms with Gasteiger partial charge >= 0.3 is 0 Å². The van der Waals surface area contributed by atoms with Crippen LogP contribution in [0.15, 0.2) is 42.5 Å². The number of benzene rings is 2. The second-order valence-electron chi connectivity index (χ2n) is 5.39. The van der Waals surface area contributed by atoms with Crippen LogP contribution in [0.3, 0.4) is 0 Å². The van der Waals surface area contributed by atoms with Gasteiger partial charge in [0.1, 0.15) is 0 Å². The summed E-state index contributed by atoms with van der Waals surface area (Å²) in [6.45, 7) is 4.09. The Labute approximate surface area is 151 Å². The van der Waals surface area contributed by atoms with Crippen LogP contribution >= 0.6 is 23.8 Å². The molecule has 0 spiro atoms. The zero-order chi connectivity index (χ0) is 17.7. The molecule has 0 fully saturated rings. The van der Waals surface area contributed by atoms with Crippen molar-refractivity contribution < 1.29 is 4.92 Å². The lowest BCUT2D eigenvalue weighted by Crippen LogP contribution is -2.32. The Kier molecular flexibility index (Phi) is 6.11. The van der Waals surface area contributed by atoms with Crippen molar-refractivity contribution in [3.63, 3.8) is 0 Å². The minimum atomic E-state index is -0.473. The van der Waals surface area contributed by atoms with E-state index in [2.05, 4.69) is 29.7 Å². The fraction of sp³-hybridized carbons (Fsp3) is 0.235. The average Bonchev–Trinajstić information content (AvgIpc) is 2.55. The minimum Gasteiger partial charge on any atom is -0.356 e. The van der Waals surface area contributed by atoms with Crippen LogP contribution in [-0.4, -0.2) is 10.0 Å². The fourth-order valence-electron chi connectivity index (χ4n) is 2.26. The highest BCUT2D eigenvalue weighted by Gasteiger charge is 2.14. The maximum Gasteiger partial charge on any atom is 0.271 e. The first-order chi connectivity index (χ1) is 11.4. The molecule has 7 heteroatoms. The van der Waals surface area contributed by atoms with E-state index in [0.717, 1.165) is 12.0 Å². The Morgan fingerprint density at radius 2 is 1.96 bits per heavy atom. The van der Waals surface area contributed by atoms with Crippen LogP contribution in [0.25, 0.3) is 0 Å². The maximum absolute atomic E-state index is 10.9. The monoisotopic (exact) mass is 363 g/mol. The van der Waals surface area contributed by atoms with Crippen molar-refractivity contribution in [1.82, 2.24) is 5.32 Å². The molecular weight excluding hydrogens is 346 g/mol. The molecule has 0 heterocycles. The third kappa shape index (κ3) is 4.66. The molecule has 0 saturated carbocycles. The molecule has 24 heavy (non-hydrogen) atoms. The summed E-state index contributed by atoms with van der Waals surface area (Å²) in [5.74, 6) is 0. The number of aryl methyl sites for hydroxylation is 1. The average molecular weight is 364 g/mol. The van der Waals surface area contributed by atoms with Crippen LogP contribution in [0.2, 0.25) is 5.02 Å². The van der Waals surface area contributed by atoms with E-state index >= 15 is 0 Å². The van der Waals surface area contributed by atoms with E-state index in [4.69, 9.17) is 23.8 Å². The number of hydrogen-bond acceptors (Lipinski definition) is 3. The van der Waals surface area contributed by atoms with E-state index in [1.54, 1.807) is 0 Å². The zero-order valence-corrected chi connectivity index (χ0v) is 14.9. The van der Waals surface area contributed by atoms with Gasteiger partial charge in [-0.3, -0.25) is 10.1 Å². The van der Waals surface area contributed by atoms with Crippen LogP contribution in [0.5, 0.6) is 0 Å². The van der Waals surface area contributed by atoms with E-state index in [-0.39, 0.29) is 11.7 Å². The van der Waals surface area contributed by atoms with Gasteiger partial charge in [-0.15, -0.1) is 0 Å². The molecule has 5 nitrogen and oxygen atoms in total. The smallest absolute Gasteiger partial charge is 0.271 e. The first-order valence-corrected chi connectivity index (χ1v) is 8.27. The Balaban J connectivity index is 2.10. The number of nitrogens with one attached hydrogen (secondary N) is 2. The summed E-state index contributed by atoms with van der Waals surface area (Å²) < 4.78 is 0. The number of nitro benzene ring substituents is 1. The highest BCUT2D eigenvalue weighted by atomic mass is 35.5. The number of nitro groups is 1. The van der Waals surface area contributed by atoms with Crippen molar-refractivity contribution in [2.45, 2.75) is 26.3 Å². The van der Waals surface area contributed by atoms with Crippen LogP contribution < -0.4 is 10.6 Å². The van der Waals surface area contributed by atoms with Crippen LogP contribution in [0.1, 0.15) is 30.5 Å². The van der Waals surface area contributed by atoms with E-state index in [0.29, 0.717) is 15.8 Å². The summed E-state index contributed by atoms with van der Waals surface area (Å²) in [6.07, 6.45) is 0.841. The number of thiocarbonyl (C=S) groups is 1. The van der Waals surface area contributed by atoms with Gasteiger partial charge in [0, 0.05) is 12.1 Å². The van der Waals surface area contributed by atoms with Gasteiger partial charge in [-0.1, -0.05) is 48.4 Å². The topological polar surface area (TPSA) is 67.2 Å². The molecular formula is C17H18ClN3O2S. The molecule has 0 saturated heterocycles. The van der Waals surface area contributed by atoms with E-state index in [9.17, 15) is 10.1 Å². The van der Waals surface area contributed by atoms with Gasteiger partial charge in [0.05, 0.1) is 21.7 Å². The Bertz CT molecular complexity index is 750. The van der Waals surface area contributed by atoms with E-state index in [1.807, 2.05) is 19.1 Å². The van der Waals surface area contributed by atoms with Gasteiger partial charge in [0.25, 0.3) is 5.69 Å². The van der Waals surface area contributed by atoms with Crippen molar-refractivity contribution in [1.29, 1.82) is 0 Å². The van der Waals surface area contributed by atoms with Gasteiger partial charge < -0.3 is 10.6 Å². The maximum atomic E-state index is 10.9. The minimum absolute atomic E-state index is 0.0445. The summed E-state index contributed by atoms with van der Waals surface area (Å²) in [5.41, 5.74) is 2.67. The Morgan fingerprint density at radius 1 is 1.29 bits per heavy atom. The summed E-state index contributed by atoms with van der Waals surface area (Å²) >= 11 is 11.4. The molecule has 0 aliphatic heterocycles. The van der Waals surface area contributed by atoms with Gasteiger partial charge in [-0.05, 0) is 37.2 Å². The normalized spacial score (nSPS) is 11.6. The van der Waals surface area contributed by atoms with Crippen molar-refractivity contribution in [2.75, 3.05) is 5.32 Å². The Hall–Kier alpha value is -2.18. The molecule has 2 rings (SSSR count).